The molecule has 2 rings (SSSR count). The van der Waals surface area contributed by atoms with Crippen LogP contribution in [0.4, 0.5) is 18.0 Å². The van der Waals surface area contributed by atoms with Crippen molar-refractivity contribution in [1.29, 1.82) is 0 Å². The van der Waals surface area contributed by atoms with Crippen LogP contribution >= 0.6 is 0 Å². The van der Waals surface area contributed by atoms with E-state index in [1.807, 2.05) is 5.32 Å². The quantitative estimate of drug-likeness (QED) is 0.300. The number of nitrogens with one attached hydrogen (secondary N) is 1. The first-order valence-corrected chi connectivity index (χ1v) is 12.2. The fraction of sp³-hybridized carbons (Fsp3) is 0.739. The Morgan fingerprint density at radius 2 is 1.58 bits per heavy atom. The van der Waals surface area contributed by atoms with Crippen LogP contribution in [0.3, 0.4) is 0 Å². The number of hydrogen-bond donors (Lipinski definition) is 3. The van der Waals surface area contributed by atoms with Crippen LogP contribution in [0.15, 0.2) is 0 Å². The van der Waals surface area contributed by atoms with Gasteiger partial charge >= 0.3 is 18.2 Å². The van der Waals surface area contributed by atoms with Crippen molar-refractivity contribution in [2.24, 2.45) is 17.6 Å². The Morgan fingerprint density at radius 3 is 2.05 bits per heavy atom. The molecule has 2 fully saturated rings. The summed E-state index contributed by atoms with van der Waals surface area (Å²) in [5.41, 5.74) is 3.91. The first-order chi connectivity index (χ1) is 17.4. The van der Waals surface area contributed by atoms with Gasteiger partial charge in [0.05, 0.1) is 18.6 Å². The van der Waals surface area contributed by atoms with Crippen LogP contribution in [0.5, 0.6) is 0 Å². The molecule has 0 unspecified atom stereocenters. The fourth-order valence-corrected chi connectivity index (χ4v) is 4.81. The molecule has 4 N–H and O–H groups in total. The standard InChI is InChI=1S/C23H34F3N5O7/c1-12(2)17(18(35)23(24,25)26)31-7-5-6-14(31)19(36)28-20(37)22(27,13(3)4)15(32)10-29-8-9-30(21(29)38)11-16(33)34/h12-14,17H,5-11,27H2,1-4H3,(H,33,34)(H,28,36,37)/t14-,17-,22+/m0/s1. The molecule has 12 nitrogen and oxygen atoms in total. The fourth-order valence-electron chi connectivity index (χ4n) is 4.81. The zero-order chi connectivity index (χ0) is 29.2. The smallest absolute Gasteiger partial charge is 0.451 e. The van der Waals surface area contributed by atoms with E-state index >= 15 is 0 Å². The number of carboxylic acid groups (broad SMARTS) is 1. The van der Waals surface area contributed by atoms with E-state index in [1.54, 1.807) is 0 Å². The number of halogens is 3. The van der Waals surface area contributed by atoms with Gasteiger partial charge in [0.2, 0.25) is 5.91 Å². The van der Waals surface area contributed by atoms with E-state index < -0.39 is 84.1 Å². The Balaban J connectivity index is 2.19. The maximum absolute atomic E-state index is 13.2. The van der Waals surface area contributed by atoms with Crippen molar-refractivity contribution in [3.63, 3.8) is 0 Å². The first kappa shape index (κ1) is 31.1. The molecule has 0 spiro atoms. The molecule has 3 atom stereocenters. The summed E-state index contributed by atoms with van der Waals surface area (Å²) in [6, 6.07) is -3.58. The molecule has 2 saturated heterocycles. The lowest BCUT2D eigenvalue weighted by Gasteiger charge is -2.35. The lowest BCUT2D eigenvalue weighted by atomic mass is 9.82. The second kappa shape index (κ2) is 11.8. The molecule has 15 heteroatoms. The Morgan fingerprint density at radius 1 is 1.03 bits per heavy atom. The van der Waals surface area contributed by atoms with Crippen LogP contribution in [-0.4, -0.2) is 112 Å². The molecule has 0 bridgehead atoms. The van der Waals surface area contributed by atoms with E-state index in [2.05, 4.69) is 0 Å². The highest BCUT2D eigenvalue weighted by Crippen LogP contribution is 2.30. The van der Waals surface area contributed by atoms with Gasteiger partial charge in [0.1, 0.15) is 6.54 Å². The number of imide groups is 1. The molecule has 214 valence electrons. The number of alkyl halides is 3. The van der Waals surface area contributed by atoms with Crippen LogP contribution in [-0.2, 0) is 24.0 Å². The van der Waals surface area contributed by atoms with Crippen molar-refractivity contribution in [2.45, 2.75) is 64.3 Å². The van der Waals surface area contributed by atoms with Gasteiger partial charge in [-0.25, -0.2) is 4.79 Å². The van der Waals surface area contributed by atoms with E-state index in [-0.39, 0.29) is 26.1 Å². The number of carbonyl (C=O) groups excluding carboxylic acids is 5. The molecule has 0 aromatic carbocycles. The monoisotopic (exact) mass is 549 g/mol. The van der Waals surface area contributed by atoms with Gasteiger partial charge in [-0.3, -0.25) is 34.2 Å². The highest BCUT2D eigenvalue weighted by atomic mass is 19.4. The van der Waals surface area contributed by atoms with E-state index in [0.29, 0.717) is 6.42 Å². The third-order valence-corrected chi connectivity index (χ3v) is 6.96. The Bertz CT molecular complexity index is 987. The van der Waals surface area contributed by atoms with Crippen LogP contribution in [0.25, 0.3) is 0 Å². The van der Waals surface area contributed by atoms with Crippen molar-refractivity contribution in [2.75, 3.05) is 32.7 Å². The van der Waals surface area contributed by atoms with Gasteiger partial charge < -0.3 is 20.6 Å². The number of aliphatic carboxylic acids is 1. The molecule has 2 heterocycles. The maximum atomic E-state index is 13.2. The summed E-state index contributed by atoms with van der Waals surface area (Å²) in [6.45, 7) is 4.66. The number of nitrogens with two attached hydrogens (primary N) is 1. The largest absolute Gasteiger partial charge is 0.480 e. The number of likely N-dealkylation sites (tertiary alicyclic amines) is 1. The molecule has 4 amide bonds. The van der Waals surface area contributed by atoms with Gasteiger partial charge in [0.25, 0.3) is 11.7 Å². The van der Waals surface area contributed by atoms with E-state index in [4.69, 9.17) is 10.8 Å². The van der Waals surface area contributed by atoms with E-state index in [1.165, 1.54) is 27.7 Å². The average molecular weight is 550 g/mol. The SMILES string of the molecule is CC(C)[C@@H](C(=O)C(F)(F)F)N1CCC[C@H]1C(=O)NC(=O)[C@](N)(C(=O)CN1CCN(CC(=O)O)C1=O)C(C)C. The van der Waals surface area contributed by atoms with Crippen molar-refractivity contribution in [1.82, 2.24) is 20.0 Å². The normalized spacial score (nSPS) is 21.1. The minimum atomic E-state index is -5.11. The zero-order valence-electron chi connectivity index (χ0n) is 21.7. The first-order valence-electron chi connectivity index (χ1n) is 12.2. The molecule has 2 aliphatic heterocycles. The molecule has 0 aliphatic carbocycles. The highest BCUT2D eigenvalue weighted by Gasteiger charge is 2.51. The molecule has 0 saturated carbocycles. The lowest BCUT2D eigenvalue weighted by Crippen LogP contribution is -2.67. The zero-order valence-corrected chi connectivity index (χ0v) is 21.7. The second-order valence-corrected chi connectivity index (χ2v) is 10.2. The summed E-state index contributed by atoms with van der Waals surface area (Å²) in [6.07, 6.45) is -4.72. The topological polar surface area (TPSA) is 170 Å². The second-order valence-electron chi connectivity index (χ2n) is 10.2. The van der Waals surface area contributed by atoms with Crippen LogP contribution < -0.4 is 11.1 Å². The van der Waals surface area contributed by atoms with Crippen molar-refractivity contribution in [3.05, 3.63) is 0 Å². The predicted octanol–water partition coefficient (Wildman–Crippen LogP) is -0.00560. The summed E-state index contributed by atoms with van der Waals surface area (Å²) in [7, 11) is 0. The number of rotatable bonds is 11. The van der Waals surface area contributed by atoms with Gasteiger partial charge in [0, 0.05) is 13.1 Å². The number of urea groups is 1. The molecule has 0 aromatic heterocycles. The van der Waals surface area contributed by atoms with Crippen molar-refractivity contribution in [3.8, 4) is 0 Å². The minimum Gasteiger partial charge on any atom is -0.480 e. The third-order valence-electron chi connectivity index (χ3n) is 6.96. The van der Waals surface area contributed by atoms with Crippen LogP contribution in [0.1, 0.15) is 40.5 Å². The van der Waals surface area contributed by atoms with Crippen LogP contribution in [0, 0.1) is 11.8 Å². The molecule has 2 aliphatic rings. The number of carboxylic acids is 1. The molecular formula is C23H34F3N5O7. The minimum absolute atomic E-state index is 0.0213. The number of nitrogens with zero attached hydrogens (tertiary/aromatic N) is 3. The summed E-state index contributed by atoms with van der Waals surface area (Å²) in [5, 5.41) is 10.9. The number of hydrogen-bond acceptors (Lipinski definition) is 8. The number of amides is 4. The molecular weight excluding hydrogens is 515 g/mol. The van der Waals surface area contributed by atoms with Crippen molar-refractivity contribution >= 4 is 35.4 Å². The highest BCUT2D eigenvalue weighted by molar-refractivity contribution is 6.16. The summed E-state index contributed by atoms with van der Waals surface area (Å²) in [4.78, 5) is 77.9. The Hall–Kier alpha value is -3.07. The summed E-state index contributed by atoms with van der Waals surface area (Å²) in [5.74, 6) is -7.94. The van der Waals surface area contributed by atoms with Gasteiger partial charge in [-0.2, -0.15) is 13.2 Å². The van der Waals surface area contributed by atoms with Gasteiger partial charge in [-0.1, -0.05) is 27.7 Å². The number of ketones is 2. The van der Waals surface area contributed by atoms with Crippen LogP contribution in [0.2, 0.25) is 0 Å². The molecule has 0 radical (unpaired) electrons. The summed E-state index contributed by atoms with van der Waals surface area (Å²) >= 11 is 0. The predicted molar refractivity (Wildman–Crippen MR) is 126 cm³/mol. The number of carbonyl (C=O) groups is 6. The lowest BCUT2D eigenvalue weighted by molar-refractivity contribution is -0.179. The summed E-state index contributed by atoms with van der Waals surface area (Å²) < 4.78 is 39.7. The Labute approximate surface area is 217 Å². The molecule has 0 aromatic rings. The Kier molecular flexibility index (Phi) is 9.64. The van der Waals surface area contributed by atoms with Gasteiger partial charge in [0.15, 0.2) is 11.3 Å². The van der Waals surface area contributed by atoms with Crippen molar-refractivity contribution < 1.29 is 47.0 Å². The van der Waals surface area contributed by atoms with Gasteiger partial charge in [-0.15, -0.1) is 0 Å². The number of Topliss-reactive ketones (excluding diaryl/α,β-unsaturated/α-hetero) is 2. The van der Waals surface area contributed by atoms with E-state index in [0.717, 1.165) is 14.7 Å². The average Bonchev–Trinajstić information content (AvgIpc) is 3.39. The molecule has 38 heavy (non-hydrogen) atoms. The third kappa shape index (κ3) is 6.49. The maximum Gasteiger partial charge on any atom is 0.451 e. The van der Waals surface area contributed by atoms with E-state index in [9.17, 15) is 41.9 Å². The van der Waals surface area contributed by atoms with Gasteiger partial charge in [-0.05, 0) is 31.2 Å².